The minimum absolute atomic E-state index is 0.0153. The molecule has 2 saturated heterocycles. The number of halogens is 5. The van der Waals surface area contributed by atoms with Gasteiger partial charge in [0.05, 0.1) is 28.5 Å². The molecule has 2 aliphatic heterocycles. The zero-order valence-corrected chi connectivity index (χ0v) is 22.5. The predicted molar refractivity (Wildman–Crippen MR) is 143 cm³/mol. The molecule has 15 heteroatoms. The normalized spacial score (nSPS) is 18.4. The Morgan fingerprint density at radius 1 is 1.20 bits per heavy atom. The van der Waals surface area contributed by atoms with E-state index >= 15 is 0 Å². The van der Waals surface area contributed by atoms with Crippen molar-refractivity contribution in [2.45, 2.75) is 45.1 Å². The van der Waals surface area contributed by atoms with Gasteiger partial charge in [0.25, 0.3) is 5.56 Å². The molecule has 5 rings (SSSR count). The number of anilines is 3. The van der Waals surface area contributed by atoms with Crippen LogP contribution in [0.5, 0.6) is 0 Å². The number of nitrogens with zero attached hydrogens (tertiary/aromatic N) is 6. The summed E-state index contributed by atoms with van der Waals surface area (Å²) in [7, 11) is 0. The lowest BCUT2D eigenvalue weighted by Gasteiger charge is -2.31. The molecule has 2 aliphatic rings. The SMILES string of the molecule is CCc1c(N2CCNCC2)c(=O)n2nc(N3CCC[C@@H](F)C3)nc2n1CC(=O)Nc1ccc(C(F)(F)F)cc1Cl. The van der Waals surface area contributed by atoms with E-state index < -0.39 is 23.8 Å². The number of carbonyl (C=O) groups excluding carboxylic acids is 1. The maximum absolute atomic E-state index is 14.2. The number of alkyl halides is 4. The monoisotopic (exact) mass is 584 g/mol. The molecule has 1 amide bonds. The van der Waals surface area contributed by atoms with E-state index in [1.807, 2.05) is 11.8 Å². The van der Waals surface area contributed by atoms with Crippen LogP contribution in [0, 0.1) is 0 Å². The highest BCUT2D eigenvalue weighted by molar-refractivity contribution is 6.33. The summed E-state index contributed by atoms with van der Waals surface area (Å²) in [6.07, 6.45) is -4.18. The molecule has 2 N–H and O–H groups in total. The van der Waals surface area contributed by atoms with Gasteiger partial charge in [-0.1, -0.05) is 18.5 Å². The van der Waals surface area contributed by atoms with Crippen LogP contribution in [0.15, 0.2) is 23.0 Å². The molecule has 1 atom stereocenters. The van der Waals surface area contributed by atoms with Crippen molar-refractivity contribution in [1.29, 1.82) is 0 Å². The highest BCUT2D eigenvalue weighted by Gasteiger charge is 2.31. The number of piperazine rings is 1. The second-order valence-electron chi connectivity index (χ2n) is 9.83. The van der Waals surface area contributed by atoms with Crippen molar-refractivity contribution in [3.63, 3.8) is 0 Å². The minimum atomic E-state index is -4.58. The van der Waals surface area contributed by atoms with E-state index in [2.05, 4.69) is 20.7 Å². The lowest BCUT2D eigenvalue weighted by Crippen LogP contribution is -2.47. The first-order chi connectivity index (χ1) is 19.1. The van der Waals surface area contributed by atoms with Crippen LogP contribution in [0.1, 0.15) is 31.0 Å². The van der Waals surface area contributed by atoms with Crippen LogP contribution in [0.4, 0.5) is 34.9 Å². The smallest absolute Gasteiger partial charge is 0.363 e. The summed E-state index contributed by atoms with van der Waals surface area (Å²) in [5.41, 5.74) is -0.342. The first-order valence-electron chi connectivity index (χ1n) is 13.1. The van der Waals surface area contributed by atoms with Crippen molar-refractivity contribution >= 4 is 40.6 Å². The molecule has 0 radical (unpaired) electrons. The van der Waals surface area contributed by atoms with Crippen LogP contribution < -0.4 is 26.0 Å². The third-order valence-electron chi connectivity index (χ3n) is 7.10. The number of hydrogen-bond donors (Lipinski definition) is 2. The zero-order valence-electron chi connectivity index (χ0n) is 21.8. The molecule has 216 valence electrons. The van der Waals surface area contributed by atoms with Crippen molar-refractivity contribution in [2.24, 2.45) is 0 Å². The first-order valence-corrected chi connectivity index (χ1v) is 13.5. The van der Waals surface area contributed by atoms with Crippen LogP contribution in [0.2, 0.25) is 5.02 Å². The van der Waals surface area contributed by atoms with Gasteiger partial charge in [0.1, 0.15) is 18.4 Å². The number of fused-ring (bicyclic) bond motifs is 1. The molecule has 2 fully saturated rings. The van der Waals surface area contributed by atoms with E-state index in [-0.39, 0.29) is 41.1 Å². The summed E-state index contributed by atoms with van der Waals surface area (Å²) in [6.45, 7) is 4.65. The Kier molecular flexibility index (Phi) is 7.91. The van der Waals surface area contributed by atoms with E-state index in [0.29, 0.717) is 63.4 Å². The van der Waals surface area contributed by atoms with Gasteiger partial charge in [-0.15, -0.1) is 5.10 Å². The lowest BCUT2D eigenvalue weighted by molar-refractivity contribution is -0.137. The quantitative estimate of drug-likeness (QED) is 0.430. The van der Waals surface area contributed by atoms with E-state index in [1.54, 1.807) is 9.47 Å². The van der Waals surface area contributed by atoms with Crippen LogP contribution >= 0.6 is 11.6 Å². The number of nitrogens with one attached hydrogen (secondary N) is 2. The van der Waals surface area contributed by atoms with Crippen molar-refractivity contribution in [1.82, 2.24) is 24.5 Å². The molecular weight excluding hydrogens is 556 g/mol. The molecule has 0 unspecified atom stereocenters. The third-order valence-corrected chi connectivity index (χ3v) is 7.41. The first kappa shape index (κ1) is 28.1. The van der Waals surface area contributed by atoms with Gasteiger partial charge in [0.2, 0.25) is 17.6 Å². The molecule has 10 nitrogen and oxygen atoms in total. The Labute approximate surface area is 231 Å². The number of aromatic nitrogens is 4. The Morgan fingerprint density at radius 2 is 1.95 bits per heavy atom. The summed E-state index contributed by atoms with van der Waals surface area (Å²) in [4.78, 5) is 35.1. The second kappa shape index (κ2) is 11.2. The predicted octanol–water partition coefficient (Wildman–Crippen LogP) is 3.11. The number of carbonyl (C=O) groups is 1. The highest BCUT2D eigenvalue weighted by Crippen LogP contribution is 2.34. The van der Waals surface area contributed by atoms with Gasteiger partial charge in [-0.25, -0.2) is 4.39 Å². The van der Waals surface area contributed by atoms with E-state index in [9.17, 15) is 27.2 Å². The highest BCUT2D eigenvalue weighted by atomic mass is 35.5. The summed E-state index contributed by atoms with van der Waals surface area (Å²) in [5, 5.41) is 9.98. The average Bonchev–Trinajstić information content (AvgIpc) is 3.37. The molecule has 40 heavy (non-hydrogen) atoms. The van der Waals surface area contributed by atoms with Gasteiger partial charge < -0.3 is 25.0 Å². The molecular formula is C25H29ClF4N8O2. The van der Waals surface area contributed by atoms with E-state index in [4.69, 9.17) is 11.6 Å². The lowest BCUT2D eigenvalue weighted by atomic mass is 10.1. The fourth-order valence-corrected chi connectivity index (χ4v) is 5.40. The minimum Gasteiger partial charge on any atom is -0.363 e. The summed E-state index contributed by atoms with van der Waals surface area (Å²) in [5.74, 6) is -0.274. The number of rotatable bonds is 6. The molecule has 1 aromatic carbocycles. The molecule has 0 saturated carbocycles. The molecule has 0 bridgehead atoms. The van der Waals surface area contributed by atoms with Gasteiger partial charge in [0.15, 0.2) is 0 Å². The topological polar surface area (TPSA) is 99.8 Å². The van der Waals surface area contributed by atoms with E-state index in [0.717, 1.165) is 22.7 Å². The van der Waals surface area contributed by atoms with E-state index in [1.165, 1.54) is 0 Å². The maximum atomic E-state index is 14.2. The molecule has 0 aliphatic carbocycles. The number of benzene rings is 1. The van der Waals surface area contributed by atoms with Crippen molar-refractivity contribution in [3.05, 3.63) is 44.8 Å². The largest absolute Gasteiger partial charge is 0.416 e. The van der Waals surface area contributed by atoms with Crippen molar-refractivity contribution in [2.75, 3.05) is 54.4 Å². The summed E-state index contributed by atoms with van der Waals surface area (Å²) < 4.78 is 56.0. The Hall–Kier alpha value is -3.39. The second-order valence-corrected chi connectivity index (χ2v) is 10.2. The van der Waals surface area contributed by atoms with Gasteiger partial charge in [-0.3, -0.25) is 9.59 Å². The summed E-state index contributed by atoms with van der Waals surface area (Å²) >= 11 is 6.05. The molecule has 0 spiro atoms. The fourth-order valence-electron chi connectivity index (χ4n) is 5.17. The molecule has 3 aromatic rings. The Balaban J connectivity index is 1.55. The van der Waals surface area contributed by atoms with Crippen LogP contribution in [0.3, 0.4) is 0 Å². The molecule has 4 heterocycles. The number of piperidine rings is 1. The molecule has 2 aromatic heterocycles. The fraction of sp³-hybridized carbons (Fsp3) is 0.520. The van der Waals surface area contributed by atoms with Crippen LogP contribution in [-0.2, 0) is 23.9 Å². The number of amides is 1. The van der Waals surface area contributed by atoms with Crippen LogP contribution in [-0.4, -0.2) is 70.5 Å². The number of hydrogen-bond acceptors (Lipinski definition) is 7. The Bertz CT molecular complexity index is 1470. The van der Waals surface area contributed by atoms with Gasteiger partial charge in [-0.05, 0) is 37.5 Å². The average molecular weight is 585 g/mol. The van der Waals surface area contributed by atoms with Gasteiger partial charge in [0, 0.05) is 32.7 Å². The summed E-state index contributed by atoms with van der Waals surface area (Å²) in [6, 6.07) is 2.67. The Morgan fingerprint density at radius 3 is 2.60 bits per heavy atom. The van der Waals surface area contributed by atoms with Crippen molar-refractivity contribution < 1.29 is 22.4 Å². The zero-order chi connectivity index (χ0) is 28.6. The van der Waals surface area contributed by atoms with Crippen LogP contribution in [0.25, 0.3) is 5.78 Å². The standard InChI is InChI=1S/C25H29ClF4N8O2/c1-2-19-21(35-10-7-31-8-11-35)22(40)38-24(33-23(34-38)36-9-3-4-16(27)13-36)37(19)14-20(39)32-18-6-5-15(12-17(18)26)25(28,29)30/h5-6,12,16,31H,2-4,7-11,13-14H2,1H3,(H,32,39)/t16-/m1/s1. The maximum Gasteiger partial charge on any atom is 0.416 e. The van der Waals surface area contributed by atoms with Gasteiger partial charge >= 0.3 is 6.18 Å². The van der Waals surface area contributed by atoms with Crippen molar-refractivity contribution in [3.8, 4) is 0 Å². The van der Waals surface area contributed by atoms with Gasteiger partial charge in [-0.2, -0.15) is 22.7 Å². The third kappa shape index (κ3) is 5.59.